The second-order valence-corrected chi connectivity index (χ2v) is 4.10. The van der Waals surface area contributed by atoms with Crippen molar-refractivity contribution in [2.75, 3.05) is 18.5 Å². The van der Waals surface area contributed by atoms with Crippen molar-refractivity contribution in [1.82, 2.24) is 0 Å². The van der Waals surface area contributed by atoms with Crippen LogP contribution in [0.15, 0.2) is 24.3 Å². The molecule has 18 heavy (non-hydrogen) atoms. The van der Waals surface area contributed by atoms with Crippen LogP contribution in [-0.4, -0.2) is 30.8 Å². The van der Waals surface area contributed by atoms with Gasteiger partial charge in [-0.05, 0) is 18.6 Å². The van der Waals surface area contributed by atoms with Crippen LogP contribution in [0.25, 0.3) is 0 Å². The van der Waals surface area contributed by atoms with Crippen molar-refractivity contribution in [2.24, 2.45) is 5.92 Å². The average molecular weight is 261 g/mol. The highest BCUT2D eigenvalue weighted by Gasteiger charge is 2.45. The van der Waals surface area contributed by atoms with E-state index in [1.165, 1.54) is 11.9 Å². The summed E-state index contributed by atoms with van der Waals surface area (Å²) in [5.74, 6) is -4.25. The Morgan fingerprint density at radius 3 is 2.39 bits per heavy atom. The Kier molecular flexibility index (Phi) is 4.21. The quantitative estimate of drug-likeness (QED) is 0.905. The summed E-state index contributed by atoms with van der Waals surface area (Å²) in [5, 5.41) is 8.63. The Balaban J connectivity index is 2.89. The van der Waals surface area contributed by atoms with Crippen molar-refractivity contribution < 1.29 is 23.1 Å². The number of rotatable bonds is 4. The fourth-order valence-corrected chi connectivity index (χ4v) is 1.69. The molecule has 0 fully saturated rings. The number of hydrogen-bond donors (Lipinski definition) is 1. The first-order valence-corrected chi connectivity index (χ1v) is 5.29. The van der Waals surface area contributed by atoms with Gasteiger partial charge in [-0.2, -0.15) is 13.2 Å². The van der Waals surface area contributed by atoms with Crippen molar-refractivity contribution in [3.63, 3.8) is 0 Å². The molecule has 0 spiro atoms. The molecule has 1 aromatic carbocycles. The molecule has 100 valence electrons. The number of benzene rings is 1. The highest BCUT2D eigenvalue weighted by molar-refractivity contribution is 5.72. The van der Waals surface area contributed by atoms with Crippen LogP contribution in [0.4, 0.5) is 18.9 Å². The molecule has 0 aliphatic rings. The fourth-order valence-electron chi connectivity index (χ4n) is 1.69. The number of para-hydroxylation sites is 1. The second kappa shape index (κ2) is 5.29. The SMILES string of the molecule is Cc1ccccc1N(C)CC(C(=O)O)C(F)(F)F. The van der Waals surface area contributed by atoms with Gasteiger partial charge in [0.15, 0.2) is 5.92 Å². The number of carboxylic acids is 1. The Bertz CT molecular complexity index is 432. The predicted octanol–water partition coefficient (Wildman–Crippen LogP) is 2.69. The summed E-state index contributed by atoms with van der Waals surface area (Å²) in [7, 11) is 1.45. The number of aryl methyl sites for hydroxylation is 1. The largest absolute Gasteiger partial charge is 0.481 e. The van der Waals surface area contributed by atoms with E-state index in [0.29, 0.717) is 5.69 Å². The Morgan fingerprint density at radius 2 is 1.94 bits per heavy atom. The molecule has 0 aromatic heterocycles. The third kappa shape index (κ3) is 3.38. The molecule has 1 aromatic rings. The zero-order chi connectivity index (χ0) is 13.9. The number of aliphatic carboxylic acids is 1. The molecule has 6 heteroatoms. The molecule has 3 nitrogen and oxygen atoms in total. The molecule has 0 saturated heterocycles. The zero-order valence-corrected chi connectivity index (χ0v) is 10.0. The Labute approximate surface area is 103 Å². The molecule has 0 aliphatic carbocycles. The van der Waals surface area contributed by atoms with Gasteiger partial charge in [-0.1, -0.05) is 18.2 Å². The summed E-state index contributed by atoms with van der Waals surface area (Å²) in [6, 6.07) is 6.88. The Morgan fingerprint density at radius 1 is 1.39 bits per heavy atom. The number of halogens is 3. The first-order chi connectivity index (χ1) is 8.23. The van der Waals surface area contributed by atoms with Gasteiger partial charge in [0.1, 0.15) is 0 Å². The zero-order valence-electron chi connectivity index (χ0n) is 10.0. The third-order valence-corrected chi connectivity index (χ3v) is 2.68. The molecular formula is C12H14F3NO2. The van der Waals surface area contributed by atoms with Crippen molar-refractivity contribution in [3.05, 3.63) is 29.8 Å². The van der Waals surface area contributed by atoms with Gasteiger partial charge in [0.2, 0.25) is 0 Å². The molecule has 1 atom stereocenters. The lowest BCUT2D eigenvalue weighted by molar-refractivity contribution is -0.191. The van der Waals surface area contributed by atoms with E-state index in [0.717, 1.165) is 5.56 Å². The molecule has 0 saturated carbocycles. The molecule has 0 heterocycles. The number of alkyl halides is 3. The highest BCUT2D eigenvalue weighted by Crippen LogP contribution is 2.29. The van der Waals surface area contributed by atoms with Crippen LogP contribution in [-0.2, 0) is 4.79 Å². The topological polar surface area (TPSA) is 40.5 Å². The van der Waals surface area contributed by atoms with Gasteiger partial charge in [-0.25, -0.2) is 0 Å². The van der Waals surface area contributed by atoms with Crippen molar-refractivity contribution in [2.45, 2.75) is 13.1 Å². The van der Waals surface area contributed by atoms with Crippen molar-refractivity contribution in [3.8, 4) is 0 Å². The van der Waals surface area contributed by atoms with Gasteiger partial charge >= 0.3 is 12.1 Å². The smallest absolute Gasteiger partial charge is 0.403 e. The second-order valence-electron chi connectivity index (χ2n) is 4.10. The molecule has 0 amide bonds. The molecule has 0 radical (unpaired) electrons. The van der Waals surface area contributed by atoms with Crippen LogP contribution in [0.2, 0.25) is 0 Å². The maximum absolute atomic E-state index is 12.5. The first-order valence-electron chi connectivity index (χ1n) is 5.29. The maximum atomic E-state index is 12.5. The minimum absolute atomic E-state index is 0.591. The maximum Gasteiger partial charge on any atom is 0.403 e. The minimum atomic E-state index is -4.75. The highest BCUT2D eigenvalue weighted by atomic mass is 19.4. The standard InChI is InChI=1S/C12H14F3NO2/c1-8-5-3-4-6-10(8)16(2)7-9(11(17)18)12(13,14)15/h3-6,9H,7H2,1-2H3,(H,17,18). The number of hydrogen-bond acceptors (Lipinski definition) is 2. The molecule has 1 N–H and O–H groups in total. The van der Waals surface area contributed by atoms with Crippen LogP contribution in [0.5, 0.6) is 0 Å². The predicted molar refractivity (Wildman–Crippen MR) is 61.6 cm³/mol. The monoisotopic (exact) mass is 261 g/mol. The van der Waals surface area contributed by atoms with E-state index in [1.807, 2.05) is 0 Å². The van der Waals surface area contributed by atoms with E-state index < -0.39 is 24.6 Å². The molecular weight excluding hydrogens is 247 g/mol. The van der Waals surface area contributed by atoms with E-state index in [2.05, 4.69) is 0 Å². The summed E-state index contributed by atoms with van der Waals surface area (Å²) in [6.45, 7) is 1.15. The van der Waals surface area contributed by atoms with E-state index in [1.54, 1.807) is 31.2 Å². The average Bonchev–Trinajstić information content (AvgIpc) is 2.24. The molecule has 0 aliphatic heterocycles. The minimum Gasteiger partial charge on any atom is -0.481 e. The summed E-state index contributed by atoms with van der Waals surface area (Å²) in [4.78, 5) is 12.0. The van der Waals surface area contributed by atoms with Gasteiger partial charge in [-0.15, -0.1) is 0 Å². The van der Waals surface area contributed by atoms with Gasteiger partial charge in [-0.3, -0.25) is 4.79 Å². The van der Waals surface area contributed by atoms with Crippen LogP contribution in [0.3, 0.4) is 0 Å². The lowest BCUT2D eigenvalue weighted by Crippen LogP contribution is -2.40. The van der Waals surface area contributed by atoms with Crippen molar-refractivity contribution in [1.29, 1.82) is 0 Å². The number of carbonyl (C=O) groups is 1. The lowest BCUT2D eigenvalue weighted by Gasteiger charge is -2.26. The van der Waals surface area contributed by atoms with Gasteiger partial charge in [0.25, 0.3) is 0 Å². The van der Waals surface area contributed by atoms with E-state index in [4.69, 9.17) is 5.11 Å². The van der Waals surface area contributed by atoms with E-state index in [9.17, 15) is 18.0 Å². The van der Waals surface area contributed by atoms with Crippen LogP contribution in [0, 0.1) is 12.8 Å². The summed E-state index contributed by atoms with van der Waals surface area (Å²) < 4.78 is 37.6. The van der Waals surface area contributed by atoms with Crippen LogP contribution >= 0.6 is 0 Å². The van der Waals surface area contributed by atoms with E-state index >= 15 is 0 Å². The van der Waals surface area contributed by atoms with Gasteiger partial charge < -0.3 is 10.0 Å². The van der Waals surface area contributed by atoms with Crippen molar-refractivity contribution >= 4 is 11.7 Å². The molecule has 1 rings (SSSR count). The summed E-state index contributed by atoms with van der Waals surface area (Å²) in [5.41, 5.74) is 1.39. The van der Waals surface area contributed by atoms with Crippen LogP contribution in [0.1, 0.15) is 5.56 Å². The molecule has 0 bridgehead atoms. The molecule has 1 unspecified atom stereocenters. The lowest BCUT2D eigenvalue weighted by atomic mass is 10.1. The van der Waals surface area contributed by atoms with Crippen LogP contribution < -0.4 is 4.90 Å². The summed E-state index contributed by atoms with van der Waals surface area (Å²) in [6.07, 6.45) is -4.75. The van der Waals surface area contributed by atoms with E-state index in [-0.39, 0.29) is 0 Å². The third-order valence-electron chi connectivity index (χ3n) is 2.68. The number of carboxylic acid groups (broad SMARTS) is 1. The van der Waals surface area contributed by atoms with Gasteiger partial charge in [0, 0.05) is 19.3 Å². The normalized spacial score (nSPS) is 13.2. The summed E-state index contributed by atoms with van der Waals surface area (Å²) >= 11 is 0. The fraction of sp³-hybridized carbons (Fsp3) is 0.417. The first kappa shape index (κ1) is 14.3. The Hall–Kier alpha value is -1.72. The number of anilines is 1. The number of nitrogens with zero attached hydrogens (tertiary/aromatic N) is 1. The van der Waals surface area contributed by atoms with Gasteiger partial charge in [0.05, 0.1) is 0 Å².